The van der Waals surface area contributed by atoms with Gasteiger partial charge < -0.3 is 78.8 Å². The molecular weight excluding hydrogens is 1260 g/mol. The Morgan fingerprint density at radius 3 is 1.88 bits per heavy atom. The maximum atomic E-state index is 14.4. The van der Waals surface area contributed by atoms with Crippen molar-refractivity contribution >= 4 is 76.6 Å². The molecule has 3 aromatic carbocycles. The number of aliphatic hydroxyl groups is 1. The van der Waals surface area contributed by atoms with Crippen LogP contribution >= 0.6 is 0 Å². The van der Waals surface area contributed by atoms with Crippen LogP contribution in [0.2, 0.25) is 0 Å². The first-order valence-corrected chi connectivity index (χ1v) is 32.1. The summed E-state index contributed by atoms with van der Waals surface area (Å²) >= 11 is 0. The zero-order valence-corrected chi connectivity index (χ0v) is 55.5. The van der Waals surface area contributed by atoms with Crippen molar-refractivity contribution in [3.8, 4) is 23.0 Å². The maximum Gasteiger partial charge on any atom is 0.416 e. The monoisotopic (exact) mass is 1340 g/mol. The van der Waals surface area contributed by atoms with Gasteiger partial charge in [0.25, 0.3) is 23.6 Å². The number of benzene rings is 3. The molecule has 0 saturated carbocycles. The zero-order valence-electron chi connectivity index (χ0n) is 55.5. The zero-order chi connectivity index (χ0) is 69.5. The molecule has 28 nitrogen and oxygen atoms in total. The lowest BCUT2D eigenvalue weighted by atomic mass is 10.0. The molecule has 0 spiro atoms. The van der Waals surface area contributed by atoms with E-state index in [1.165, 1.54) is 50.3 Å². The number of carbonyl (C=O) groups is 9. The molecule has 5 atom stereocenters. The summed E-state index contributed by atoms with van der Waals surface area (Å²) in [5.74, 6) is -2.66. The second-order valence-electron chi connectivity index (χ2n) is 23.2. The molecule has 28 heteroatoms. The van der Waals surface area contributed by atoms with Gasteiger partial charge in [-0.15, -0.1) is 0 Å². The molecule has 5 aliphatic rings. The minimum Gasteiger partial charge on any atom is -0.493 e. The smallest absolute Gasteiger partial charge is 0.416 e. The van der Waals surface area contributed by atoms with Crippen molar-refractivity contribution in [1.29, 1.82) is 0 Å². The number of carbonyl (C=O) groups excluding carboxylic acids is 9. The van der Waals surface area contributed by atoms with Crippen LogP contribution < -0.4 is 45.1 Å². The summed E-state index contributed by atoms with van der Waals surface area (Å²) in [6, 6.07) is 9.55. The number of ether oxygens (including phenoxy) is 9. The number of nitrogens with zero attached hydrogens (tertiary/aromatic N) is 5. The molecule has 5 heterocycles. The van der Waals surface area contributed by atoms with Crippen molar-refractivity contribution in [2.45, 2.75) is 104 Å². The highest BCUT2D eigenvalue weighted by molar-refractivity contribution is 6.13. The van der Waals surface area contributed by atoms with Gasteiger partial charge in [0.2, 0.25) is 23.6 Å². The molecule has 3 aromatic rings. The molecule has 1 unspecified atom stereocenters. The van der Waals surface area contributed by atoms with E-state index in [2.05, 4.69) is 26.3 Å². The first-order chi connectivity index (χ1) is 46.8. The molecule has 5 aliphatic heterocycles. The molecule has 9 amide bonds. The number of aliphatic imine (C=N–C) groups is 1. The Kier molecular flexibility index (Phi) is 27.0. The maximum absolute atomic E-state index is 14.4. The van der Waals surface area contributed by atoms with E-state index in [4.69, 9.17) is 42.6 Å². The number of aliphatic hydroxyl groups excluding tert-OH is 1. The number of hydrogen-bond donors (Lipinski definition) is 5. The predicted molar refractivity (Wildman–Crippen MR) is 354 cm³/mol. The Labute approximate surface area is 562 Å². The summed E-state index contributed by atoms with van der Waals surface area (Å²) < 4.78 is 51.5. The first-order valence-electron chi connectivity index (χ1n) is 32.1. The van der Waals surface area contributed by atoms with Gasteiger partial charge in [-0.2, -0.15) is 0 Å². The van der Waals surface area contributed by atoms with Crippen LogP contribution in [0.4, 0.5) is 21.9 Å². The molecule has 0 radical (unpaired) electrons. The third-order valence-corrected chi connectivity index (χ3v) is 15.9. The Hall–Kier alpha value is -9.74. The fourth-order valence-corrected chi connectivity index (χ4v) is 10.9. The number of amides is 9. The molecule has 5 N–H and O–H groups in total. The molecular formula is C69H85N9O19. The topological polar surface area (TPSA) is 330 Å². The van der Waals surface area contributed by atoms with E-state index in [1.54, 1.807) is 67.6 Å². The fraction of sp³-hybridized carbons (Fsp3) is 0.449. The van der Waals surface area contributed by atoms with E-state index in [0.717, 1.165) is 20.9 Å². The standard InChI is InChI=1S/C69H85N9O19/c1-8-11-46-33-49-39-71-52-37-57(55(89-6)35-50(52)66(85)76(49)40-46)95-23-10-24-96-58-38-53-51(36-56(58)90-7)67(86)77-41-47(12-9-2)34-54(77)68(87)78(53)69(88)97-42-45-13-15-48(16-14-45)73-64(83)44(5)72-65(84)63(43(3)4)74-60(80)20-25-91-27-29-93-31-32-94-30-28-92-26-21-70-59(79)19-22-75-61(81)17-18-62(75)82/h8-9,11-18,35-41,43-44,49,54,63,68,87H,10,19-34,42H2,1-7H3,(H,70,79)(H,72,84)(H,73,83)(H,74,80)/b11-8+,12-9+/t44-,49?,54-,63-,68-/m0/s1. The second-order valence-corrected chi connectivity index (χ2v) is 23.2. The van der Waals surface area contributed by atoms with Crippen molar-refractivity contribution in [3.05, 3.63) is 125 Å². The van der Waals surface area contributed by atoms with Gasteiger partial charge in [0.1, 0.15) is 18.7 Å². The van der Waals surface area contributed by atoms with E-state index in [0.29, 0.717) is 73.3 Å². The minimum absolute atomic E-state index is 0.000800. The summed E-state index contributed by atoms with van der Waals surface area (Å²) in [7, 11) is 2.90. The van der Waals surface area contributed by atoms with E-state index < -0.39 is 65.9 Å². The predicted octanol–water partition coefficient (Wildman–Crippen LogP) is 5.56. The second kappa shape index (κ2) is 35.8. The number of imide groups is 1. The average molecular weight is 1340 g/mol. The Bertz CT molecular complexity index is 3530. The SMILES string of the molecule is C/C=C/C1=CN2C(=O)c3cc(OC)c(OCCCOc4cc5c(cc4OC)C(=O)N4C=C(/C=C/C)C[C@H]4[C@H](O)N5C(=O)OCc4ccc(NC(=O)[C@H](C)NC(=O)[C@@H](NC(=O)CCOCCOCCOCCOCCNC(=O)CCN5C(=O)C=CC5=O)C(C)C)cc4)cc3N=CC2C1. The Morgan fingerprint density at radius 2 is 1.25 bits per heavy atom. The van der Waals surface area contributed by atoms with E-state index >= 15 is 0 Å². The number of methoxy groups -OCH3 is 2. The summed E-state index contributed by atoms with van der Waals surface area (Å²) in [4.78, 5) is 127. The van der Waals surface area contributed by atoms with Gasteiger partial charge in [0, 0.05) is 80.9 Å². The van der Waals surface area contributed by atoms with Crippen LogP contribution in [-0.2, 0) is 59.1 Å². The van der Waals surface area contributed by atoms with Gasteiger partial charge in [0.15, 0.2) is 29.2 Å². The number of hydrogen-bond acceptors (Lipinski definition) is 20. The van der Waals surface area contributed by atoms with Crippen molar-refractivity contribution in [2.24, 2.45) is 10.9 Å². The molecule has 520 valence electrons. The highest BCUT2D eigenvalue weighted by Gasteiger charge is 2.46. The van der Waals surface area contributed by atoms with E-state index in [1.807, 2.05) is 44.4 Å². The van der Waals surface area contributed by atoms with Crippen molar-refractivity contribution in [2.75, 3.05) is 104 Å². The lowest BCUT2D eigenvalue weighted by Gasteiger charge is -2.31. The molecule has 0 saturated heterocycles. The molecule has 8 rings (SSSR count). The quantitative estimate of drug-likeness (QED) is 0.0351. The molecule has 0 aliphatic carbocycles. The van der Waals surface area contributed by atoms with E-state index in [-0.39, 0.29) is 125 Å². The van der Waals surface area contributed by atoms with Crippen LogP contribution in [0, 0.1) is 5.92 Å². The van der Waals surface area contributed by atoms with Gasteiger partial charge in [-0.3, -0.25) is 48.2 Å². The normalized spacial score (nSPS) is 17.7. The summed E-state index contributed by atoms with van der Waals surface area (Å²) in [5.41, 5.74) is 3.54. The summed E-state index contributed by atoms with van der Waals surface area (Å²) in [5, 5.41) is 22.9. The fourth-order valence-electron chi connectivity index (χ4n) is 10.9. The number of rotatable bonds is 36. The van der Waals surface area contributed by atoms with Crippen LogP contribution in [0.1, 0.15) is 93.0 Å². The minimum atomic E-state index is -1.58. The summed E-state index contributed by atoms with van der Waals surface area (Å²) in [6.45, 7) is 11.0. The molecule has 0 aromatic heterocycles. The van der Waals surface area contributed by atoms with Crippen molar-refractivity contribution in [3.63, 3.8) is 0 Å². The average Bonchev–Trinajstić information content (AvgIpc) is 1.62. The van der Waals surface area contributed by atoms with E-state index in [9.17, 15) is 48.3 Å². The number of nitrogens with one attached hydrogen (secondary N) is 4. The highest BCUT2D eigenvalue weighted by atomic mass is 16.6. The summed E-state index contributed by atoms with van der Waals surface area (Å²) in [6.07, 6.45) is 13.7. The molecule has 0 bridgehead atoms. The Morgan fingerprint density at radius 1 is 0.660 bits per heavy atom. The first kappa shape index (κ1) is 73.1. The van der Waals surface area contributed by atoms with Gasteiger partial charge in [0.05, 0.1) is 115 Å². The third-order valence-electron chi connectivity index (χ3n) is 15.9. The van der Waals surface area contributed by atoms with Crippen LogP contribution in [0.5, 0.6) is 23.0 Å². The van der Waals surface area contributed by atoms with Crippen LogP contribution in [0.25, 0.3) is 0 Å². The Balaban J connectivity index is 0.757. The third kappa shape index (κ3) is 19.7. The van der Waals surface area contributed by atoms with Gasteiger partial charge in [-0.25, -0.2) is 9.69 Å². The van der Waals surface area contributed by atoms with Gasteiger partial charge in [-0.05, 0) is 80.5 Å². The van der Waals surface area contributed by atoms with Gasteiger partial charge >= 0.3 is 6.09 Å². The van der Waals surface area contributed by atoms with Gasteiger partial charge in [-0.1, -0.05) is 50.3 Å². The van der Waals surface area contributed by atoms with Crippen LogP contribution in [-0.4, -0.2) is 203 Å². The number of fused-ring (bicyclic) bond motifs is 4. The van der Waals surface area contributed by atoms with Crippen LogP contribution in [0.3, 0.4) is 0 Å². The molecule has 97 heavy (non-hydrogen) atoms. The number of anilines is 2. The van der Waals surface area contributed by atoms with Crippen LogP contribution in [0.15, 0.2) is 114 Å². The molecule has 0 fully saturated rings. The van der Waals surface area contributed by atoms with Crippen molar-refractivity contribution in [1.82, 2.24) is 30.7 Å². The lowest BCUT2D eigenvalue weighted by molar-refractivity contribution is -0.137. The number of allylic oxidation sites excluding steroid dienone is 4. The largest absolute Gasteiger partial charge is 0.493 e. The lowest BCUT2D eigenvalue weighted by Crippen LogP contribution is -2.53. The highest BCUT2D eigenvalue weighted by Crippen LogP contribution is 2.43. The van der Waals surface area contributed by atoms with Crippen molar-refractivity contribution < 1.29 is 90.9 Å².